The van der Waals surface area contributed by atoms with Crippen molar-refractivity contribution in [2.45, 2.75) is 25.8 Å². The molecule has 3 N–H and O–H groups in total. The lowest BCUT2D eigenvalue weighted by atomic mass is 10.2. The zero-order chi connectivity index (χ0) is 14.5. The Hall–Kier alpha value is -1.18. The summed E-state index contributed by atoms with van der Waals surface area (Å²) in [4.78, 5) is 21.6. The topological polar surface area (TPSA) is 96.9 Å². The minimum atomic E-state index is -1.04. The number of hydrogen-bond acceptors (Lipinski definition) is 5. The molecule has 0 radical (unpaired) electrons. The van der Waals surface area contributed by atoms with Crippen LogP contribution in [0.2, 0.25) is 0 Å². The van der Waals surface area contributed by atoms with E-state index < -0.39 is 12.0 Å². The average Bonchev–Trinajstić information content (AvgIpc) is 2.34. The number of carbonyl (C=O) groups is 2. The molecule has 0 heterocycles. The lowest BCUT2D eigenvalue weighted by Gasteiger charge is -2.13. The van der Waals surface area contributed by atoms with Crippen molar-refractivity contribution in [3.8, 4) is 0 Å². The Kier molecular flexibility index (Phi) is 11.1. The summed E-state index contributed by atoms with van der Waals surface area (Å²) >= 11 is 0. The predicted molar refractivity (Wildman–Crippen MR) is 70.0 cm³/mol. The molecule has 0 aromatic rings. The van der Waals surface area contributed by atoms with Gasteiger partial charge in [-0.3, -0.25) is 4.79 Å². The Labute approximate surface area is 113 Å². The molecule has 0 spiro atoms. The first-order valence-corrected chi connectivity index (χ1v) is 6.35. The van der Waals surface area contributed by atoms with Gasteiger partial charge < -0.3 is 25.2 Å². The molecule has 0 saturated heterocycles. The number of methoxy groups -OCH3 is 1. The number of unbranched alkanes of at least 4 members (excludes halogenated alkanes) is 1. The van der Waals surface area contributed by atoms with Crippen LogP contribution in [0.1, 0.15) is 19.8 Å². The Balaban J connectivity index is 3.45. The summed E-state index contributed by atoms with van der Waals surface area (Å²) in [6.07, 6.45) is 1.79. The van der Waals surface area contributed by atoms with Gasteiger partial charge in [0.2, 0.25) is 5.91 Å². The summed E-state index contributed by atoms with van der Waals surface area (Å²) in [5, 5.41) is 14.2. The molecule has 1 atom stereocenters. The maximum atomic E-state index is 10.8. The standard InChI is InChI=1S/C12H24N2O5/c1-10(15)14-11(12(16)17)9-13-5-3-4-6-19-8-7-18-2/h11,13H,3-9H2,1-2H3,(H,14,15)(H,16,17). The van der Waals surface area contributed by atoms with E-state index in [0.29, 0.717) is 26.4 Å². The SMILES string of the molecule is COCCOCCCCNCC(NC(C)=O)C(=O)O. The second kappa shape index (κ2) is 11.9. The molecule has 19 heavy (non-hydrogen) atoms. The van der Waals surface area contributed by atoms with Crippen LogP contribution in [0.15, 0.2) is 0 Å². The number of carboxylic acids is 1. The van der Waals surface area contributed by atoms with Gasteiger partial charge in [-0.05, 0) is 19.4 Å². The molecule has 0 aromatic carbocycles. The first kappa shape index (κ1) is 17.8. The van der Waals surface area contributed by atoms with Crippen molar-refractivity contribution in [2.75, 3.05) is 40.0 Å². The van der Waals surface area contributed by atoms with E-state index in [-0.39, 0.29) is 12.5 Å². The van der Waals surface area contributed by atoms with Crippen LogP contribution in [0, 0.1) is 0 Å². The monoisotopic (exact) mass is 276 g/mol. The van der Waals surface area contributed by atoms with Gasteiger partial charge in [-0.2, -0.15) is 0 Å². The second-order valence-electron chi connectivity index (χ2n) is 4.11. The fourth-order valence-corrected chi connectivity index (χ4v) is 1.39. The minimum Gasteiger partial charge on any atom is -0.480 e. The second-order valence-corrected chi connectivity index (χ2v) is 4.11. The molecule has 1 unspecified atom stereocenters. The van der Waals surface area contributed by atoms with Crippen molar-refractivity contribution >= 4 is 11.9 Å². The van der Waals surface area contributed by atoms with Gasteiger partial charge in [0.25, 0.3) is 0 Å². The summed E-state index contributed by atoms with van der Waals surface area (Å²) in [7, 11) is 1.63. The number of rotatable bonds is 12. The van der Waals surface area contributed by atoms with Crippen LogP contribution in [-0.2, 0) is 19.1 Å². The van der Waals surface area contributed by atoms with Crippen LogP contribution in [0.3, 0.4) is 0 Å². The van der Waals surface area contributed by atoms with Crippen molar-refractivity contribution in [1.82, 2.24) is 10.6 Å². The molecule has 0 fully saturated rings. The van der Waals surface area contributed by atoms with Gasteiger partial charge in [0.1, 0.15) is 6.04 Å². The van der Waals surface area contributed by atoms with Gasteiger partial charge in [-0.25, -0.2) is 4.79 Å². The van der Waals surface area contributed by atoms with Crippen LogP contribution in [-0.4, -0.2) is 63.0 Å². The number of hydrogen-bond donors (Lipinski definition) is 3. The van der Waals surface area contributed by atoms with E-state index in [1.807, 2.05) is 0 Å². The zero-order valence-electron chi connectivity index (χ0n) is 11.6. The smallest absolute Gasteiger partial charge is 0.327 e. The van der Waals surface area contributed by atoms with E-state index in [1.165, 1.54) is 6.92 Å². The van der Waals surface area contributed by atoms with Gasteiger partial charge in [0.05, 0.1) is 13.2 Å². The van der Waals surface area contributed by atoms with E-state index in [0.717, 1.165) is 12.8 Å². The lowest BCUT2D eigenvalue weighted by molar-refractivity contribution is -0.141. The van der Waals surface area contributed by atoms with E-state index in [2.05, 4.69) is 10.6 Å². The van der Waals surface area contributed by atoms with Gasteiger partial charge in [-0.15, -0.1) is 0 Å². The molecule has 0 bridgehead atoms. The first-order valence-electron chi connectivity index (χ1n) is 6.35. The van der Waals surface area contributed by atoms with Gasteiger partial charge >= 0.3 is 5.97 Å². The number of amides is 1. The number of carboxylic acid groups (broad SMARTS) is 1. The average molecular weight is 276 g/mol. The van der Waals surface area contributed by atoms with Crippen LogP contribution < -0.4 is 10.6 Å². The number of nitrogens with one attached hydrogen (secondary N) is 2. The minimum absolute atomic E-state index is 0.222. The Bertz CT molecular complexity index is 261. The molecule has 0 saturated carbocycles. The highest BCUT2D eigenvalue weighted by Gasteiger charge is 2.17. The fourth-order valence-electron chi connectivity index (χ4n) is 1.39. The van der Waals surface area contributed by atoms with Crippen LogP contribution in [0.25, 0.3) is 0 Å². The van der Waals surface area contributed by atoms with Gasteiger partial charge in [0, 0.05) is 27.2 Å². The summed E-state index contributed by atoms with van der Waals surface area (Å²) in [5.74, 6) is -1.38. The van der Waals surface area contributed by atoms with Crippen molar-refractivity contribution < 1.29 is 24.2 Å². The maximum absolute atomic E-state index is 10.8. The number of aliphatic carboxylic acids is 1. The molecule has 1 amide bonds. The molecule has 0 rings (SSSR count). The van der Waals surface area contributed by atoms with Crippen LogP contribution >= 0.6 is 0 Å². The van der Waals surface area contributed by atoms with E-state index in [9.17, 15) is 9.59 Å². The molecule has 0 aliphatic carbocycles. The van der Waals surface area contributed by atoms with Crippen molar-refractivity contribution in [3.05, 3.63) is 0 Å². The molecule has 7 heteroatoms. The third-order valence-corrected chi connectivity index (χ3v) is 2.35. The Morgan fingerprint density at radius 3 is 2.53 bits per heavy atom. The fraction of sp³-hybridized carbons (Fsp3) is 0.833. The maximum Gasteiger partial charge on any atom is 0.327 e. The van der Waals surface area contributed by atoms with Crippen molar-refractivity contribution in [2.24, 2.45) is 0 Å². The lowest BCUT2D eigenvalue weighted by Crippen LogP contribution is -2.46. The third kappa shape index (κ3) is 11.6. The molecule has 112 valence electrons. The summed E-state index contributed by atoms with van der Waals surface area (Å²) < 4.78 is 10.1. The number of ether oxygens (including phenoxy) is 2. The molecule has 0 aromatic heterocycles. The molecule has 0 aliphatic rings. The van der Waals surface area contributed by atoms with Crippen LogP contribution in [0.4, 0.5) is 0 Å². The predicted octanol–water partition coefficient (Wildman–Crippen LogP) is -0.391. The quantitative estimate of drug-likeness (QED) is 0.420. The summed E-state index contributed by atoms with van der Waals surface area (Å²) in [6.45, 7) is 4.06. The van der Waals surface area contributed by atoms with E-state index in [4.69, 9.17) is 14.6 Å². The van der Waals surface area contributed by atoms with Crippen molar-refractivity contribution in [3.63, 3.8) is 0 Å². The molecule has 7 nitrogen and oxygen atoms in total. The van der Waals surface area contributed by atoms with E-state index in [1.54, 1.807) is 7.11 Å². The van der Waals surface area contributed by atoms with Gasteiger partial charge in [-0.1, -0.05) is 0 Å². The zero-order valence-corrected chi connectivity index (χ0v) is 11.6. The highest BCUT2D eigenvalue weighted by molar-refractivity contribution is 5.82. The highest BCUT2D eigenvalue weighted by atomic mass is 16.5. The van der Waals surface area contributed by atoms with Crippen LogP contribution in [0.5, 0.6) is 0 Å². The summed E-state index contributed by atoms with van der Waals surface area (Å²) in [5.41, 5.74) is 0. The molecular formula is C12H24N2O5. The van der Waals surface area contributed by atoms with Gasteiger partial charge in [0.15, 0.2) is 0 Å². The number of carbonyl (C=O) groups excluding carboxylic acids is 1. The Morgan fingerprint density at radius 1 is 1.21 bits per heavy atom. The highest BCUT2D eigenvalue weighted by Crippen LogP contribution is 1.90. The first-order chi connectivity index (χ1) is 9.07. The largest absolute Gasteiger partial charge is 0.480 e. The van der Waals surface area contributed by atoms with Crippen molar-refractivity contribution in [1.29, 1.82) is 0 Å². The normalized spacial score (nSPS) is 12.1. The third-order valence-electron chi connectivity index (χ3n) is 2.35. The summed E-state index contributed by atoms with van der Waals surface area (Å²) in [6, 6.07) is -0.879. The Morgan fingerprint density at radius 2 is 1.95 bits per heavy atom. The molecular weight excluding hydrogens is 252 g/mol. The molecule has 0 aliphatic heterocycles. The van der Waals surface area contributed by atoms with E-state index >= 15 is 0 Å².